The Labute approximate surface area is 87.3 Å². The first-order chi connectivity index (χ1) is 5.27. The van der Waals surface area contributed by atoms with Crippen LogP contribution >= 0.6 is 35.3 Å². The number of hydrogen-bond acceptors (Lipinski definition) is 2. The Bertz CT molecular complexity index is 272. The smallest absolute Gasteiger partial charge is 0.0934 e. The van der Waals surface area contributed by atoms with Gasteiger partial charge in [0.25, 0.3) is 0 Å². The second kappa shape index (κ2) is 3.97. The molecule has 1 aliphatic rings. The summed E-state index contributed by atoms with van der Waals surface area (Å²) in [4.78, 5) is 1.40. The van der Waals surface area contributed by atoms with Gasteiger partial charge in [0.2, 0.25) is 0 Å². The third kappa shape index (κ3) is 1.77. The van der Waals surface area contributed by atoms with Crippen molar-refractivity contribution in [3.05, 3.63) is 20.8 Å². The maximum absolute atomic E-state index is 5.91. The van der Waals surface area contributed by atoms with Gasteiger partial charge in [0.1, 0.15) is 0 Å². The molecule has 12 heavy (non-hydrogen) atoms. The lowest BCUT2D eigenvalue weighted by Gasteiger charge is -2.17. The van der Waals surface area contributed by atoms with E-state index in [2.05, 4.69) is 0 Å². The largest absolute Gasteiger partial charge is 0.324 e. The Morgan fingerprint density at radius 1 is 1.58 bits per heavy atom. The molecule has 1 aromatic heterocycles. The molecule has 4 heteroatoms. The van der Waals surface area contributed by atoms with Crippen molar-refractivity contribution in [3.63, 3.8) is 0 Å². The van der Waals surface area contributed by atoms with Crippen LogP contribution in [0.15, 0.2) is 6.07 Å². The Morgan fingerprint density at radius 3 is 3.00 bits per heavy atom. The van der Waals surface area contributed by atoms with Gasteiger partial charge in [-0.3, -0.25) is 0 Å². The molecule has 1 heterocycles. The molecular weight excluding hydrogens is 213 g/mol. The van der Waals surface area contributed by atoms with Crippen molar-refractivity contribution in [3.8, 4) is 0 Å². The van der Waals surface area contributed by atoms with Gasteiger partial charge in [0.05, 0.1) is 4.34 Å². The van der Waals surface area contributed by atoms with Crippen molar-refractivity contribution in [2.45, 2.75) is 25.3 Å². The highest BCUT2D eigenvalue weighted by molar-refractivity contribution is 7.16. The van der Waals surface area contributed by atoms with Crippen LogP contribution in [0.2, 0.25) is 4.34 Å². The minimum Gasteiger partial charge on any atom is -0.324 e. The van der Waals surface area contributed by atoms with Gasteiger partial charge < -0.3 is 5.73 Å². The molecule has 1 aromatic rings. The average molecular weight is 224 g/mol. The van der Waals surface area contributed by atoms with E-state index in [0.29, 0.717) is 0 Å². The maximum Gasteiger partial charge on any atom is 0.0934 e. The fourth-order valence-electron chi connectivity index (χ4n) is 1.56. The third-order valence-electron chi connectivity index (χ3n) is 2.13. The average Bonchev–Trinajstić information content (AvgIpc) is 2.31. The van der Waals surface area contributed by atoms with Crippen LogP contribution in [0, 0.1) is 0 Å². The van der Waals surface area contributed by atoms with Crippen molar-refractivity contribution in [1.82, 2.24) is 0 Å². The monoisotopic (exact) mass is 223 g/mol. The number of nitrogens with two attached hydrogens (primary N) is 1. The zero-order chi connectivity index (χ0) is 7.84. The topological polar surface area (TPSA) is 26.0 Å². The standard InChI is InChI=1S/C8H10ClNS.ClH/c9-8-4-5-6(10)2-1-3-7(5)11-8;/h4,6H,1-3,10H2;1H. The molecule has 2 N–H and O–H groups in total. The predicted octanol–water partition coefficient (Wildman–Crippen LogP) is 3.16. The second-order valence-corrected chi connectivity index (χ2v) is 4.70. The van der Waals surface area contributed by atoms with Crippen LogP contribution in [0.1, 0.15) is 29.3 Å². The number of aryl methyl sites for hydroxylation is 1. The Balaban J connectivity index is 0.000000720. The molecular formula is C8H11Cl2NS. The van der Waals surface area contributed by atoms with Gasteiger partial charge in [0.15, 0.2) is 0 Å². The minimum atomic E-state index is 0. The van der Waals surface area contributed by atoms with Crippen LogP contribution in [-0.4, -0.2) is 0 Å². The maximum atomic E-state index is 5.91. The highest BCUT2D eigenvalue weighted by Gasteiger charge is 2.18. The van der Waals surface area contributed by atoms with E-state index >= 15 is 0 Å². The van der Waals surface area contributed by atoms with E-state index in [-0.39, 0.29) is 18.4 Å². The van der Waals surface area contributed by atoms with Crippen molar-refractivity contribution >= 4 is 35.3 Å². The van der Waals surface area contributed by atoms with Crippen LogP contribution in [0.3, 0.4) is 0 Å². The van der Waals surface area contributed by atoms with Crippen LogP contribution in [0.5, 0.6) is 0 Å². The van der Waals surface area contributed by atoms with E-state index in [1.54, 1.807) is 11.3 Å². The minimum absolute atomic E-state index is 0. The van der Waals surface area contributed by atoms with Crippen molar-refractivity contribution in [1.29, 1.82) is 0 Å². The zero-order valence-electron chi connectivity index (χ0n) is 6.55. The van der Waals surface area contributed by atoms with Crippen molar-refractivity contribution in [2.24, 2.45) is 5.73 Å². The van der Waals surface area contributed by atoms with Crippen LogP contribution in [0.25, 0.3) is 0 Å². The van der Waals surface area contributed by atoms with E-state index < -0.39 is 0 Å². The summed E-state index contributed by atoms with van der Waals surface area (Å²) in [5.41, 5.74) is 7.19. The van der Waals surface area contributed by atoms with Crippen LogP contribution in [0.4, 0.5) is 0 Å². The van der Waals surface area contributed by atoms with Gasteiger partial charge in [-0.2, -0.15) is 0 Å². The van der Waals surface area contributed by atoms with E-state index in [1.165, 1.54) is 23.3 Å². The van der Waals surface area contributed by atoms with Gasteiger partial charge in [-0.1, -0.05) is 11.6 Å². The molecule has 0 aromatic carbocycles. The lowest BCUT2D eigenvalue weighted by molar-refractivity contribution is 0.578. The number of hydrogen-bond donors (Lipinski definition) is 1. The summed E-state index contributed by atoms with van der Waals surface area (Å²) in [7, 11) is 0. The quantitative estimate of drug-likeness (QED) is 0.719. The number of halogens is 2. The van der Waals surface area contributed by atoms with Gasteiger partial charge in [-0.15, -0.1) is 23.7 Å². The molecule has 0 aliphatic heterocycles. The Hall–Kier alpha value is 0.240. The van der Waals surface area contributed by atoms with Crippen molar-refractivity contribution < 1.29 is 0 Å². The van der Waals surface area contributed by atoms with Gasteiger partial charge >= 0.3 is 0 Å². The fraction of sp³-hybridized carbons (Fsp3) is 0.500. The summed E-state index contributed by atoms with van der Waals surface area (Å²) >= 11 is 7.56. The first kappa shape index (κ1) is 10.3. The van der Waals surface area contributed by atoms with Crippen LogP contribution < -0.4 is 5.73 Å². The fourth-order valence-corrected chi connectivity index (χ4v) is 2.95. The molecule has 0 saturated carbocycles. The predicted molar refractivity (Wildman–Crippen MR) is 56.4 cm³/mol. The van der Waals surface area contributed by atoms with Crippen molar-refractivity contribution in [2.75, 3.05) is 0 Å². The third-order valence-corrected chi connectivity index (χ3v) is 3.47. The van der Waals surface area contributed by atoms with E-state index in [0.717, 1.165) is 10.8 Å². The molecule has 1 aliphatic carbocycles. The molecule has 2 rings (SSSR count). The van der Waals surface area contributed by atoms with Gasteiger partial charge in [-0.05, 0) is 30.9 Å². The molecule has 0 bridgehead atoms. The summed E-state index contributed by atoms with van der Waals surface area (Å²) in [6, 6.07) is 2.26. The Morgan fingerprint density at radius 2 is 2.33 bits per heavy atom. The van der Waals surface area contributed by atoms with Gasteiger partial charge in [-0.25, -0.2) is 0 Å². The SMILES string of the molecule is Cl.NC1CCCc2sc(Cl)cc21. The van der Waals surface area contributed by atoms with E-state index in [4.69, 9.17) is 17.3 Å². The molecule has 0 amide bonds. The highest BCUT2D eigenvalue weighted by Crippen LogP contribution is 2.36. The summed E-state index contributed by atoms with van der Waals surface area (Å²) in [5.74, 6) is 0. The highest BCUT2D eigenvalue weighted by atomic mass is 35.5. The summed E-state index contributed by atoms with van der Waals surface area (Å²) < 4.78 is 0.882. The normalized spacial score (nSPS) is 21.3. The first-order valence-electron chi connectivity index (χ1n) is 3.81. The molecule has 1 nitrogen and oxygen atoms in total. The molecule has 0 radical (unpaired) electrons. The Kier molecular flexibility index (Phi) is 3.41. The molecule has 1 atom stereocenters. The summed E-state index contributed by atoms with van der Waals surface area (Å²) in [6.45, 7) is 0. The number of rotatable bonds is 0. The van der Waals surface area contributed by atoms with Gasteiger partial charge in [0, 0.05) is 10.9 Å². The van der Waals surface area contributed by atoms with E-state index in [9.17, 15) is 0 Å². The van der Waals surface area contributed by atoms with Crippen LogP contribution in [-0.2, 0) is 6.42 Å². The zero-order valence-corrected chi connectivity index (χ0v) is 8.94. The molecule has 0 spiro atoms. The number of fused-ring (bicyclic) bond motifs is 1. The summed E-state index contributed by atoms with van der Waals surface area (Å²) in [5, 5.41) is 0. The lowest BCUT2D eigenvalue weighted by atomic mass is 9.95. The molecule has 68 valence electrons. The van der Waals surface area contributed by atoms with E-state index in [1.807, 2.05) is 6.07 Å². The molecule has 0 fully saturated rings. The summed E-state index contributed by atoms with van der Waals surface area (Å²) in [6.07, 6.45) is 3.49. The molecule has 0 saturated heterocycles. The number of thiophene rings is 1. The lowest BCUT2D eigenvalue weighted by Crippen LogP contribution is -2.14. The first-order valence-corrected chi connectivity index (χ1v) is 5.00. The second-order valence-electron chi connectivity index (χ2n) is 2.93. The molecule has 1 unspecified atom stereocenters.